The molecule has 0 atom stereocenters. The number of carbonyl (C=O) groups excluding carboxylic acids is 1. The van der Waals surface area contributed by atoms with E-state index < -0.39 is 29.0 Å². The SMILES string of the molecule is C.CC(C)(C)OC(=O)CC1(O)CCN(c2cc3[nH]nc(NCCC(=O)O)c3cc2F)CC1. The minimum atomic E-state index is -1.17. The summed E-state index contributed by atoms with van der Waals surface area (Å²) in [4.78, 5) is 24.6. The van der Waals surface area contributed by atoms with Gasteiger partial charge < -0.3 is 25.2 Å². The van der Waals surface area contributed by atoms with Crippen LogP contribution in [0.15, 0.2) is 12.1 Å². The molecular formula is C22H33FN4O5. The number of aliphatic carboxylic acids is 1. The molecule has 1 fully saturated rings. The van der Waals surface area contributed by atoms with Crippen molar-refractivity contribution in [1.82, 2.24) is 10.2 Å². The van der Waals surface area contributed by atoms with E-state index in [1.807, 2.05) is 4.90 Å². The number of carboxylic acid groups (broad SMARTS) is 1. The third-order valence-electron chi connectivity index (χ3n) is 5.19. The summed E-state index contributed by atoms with van der Waals surface area (Å²) in [6.07, 6.45) is 0.462. The summed E-state index contributed by atoms with van der Waals surface area (Å²) in [6.45, 7) is 6.29. The standard InChI is InChI=1S/C21H29FN4O5.CH4/c1-20(2,3)31-18(29)12-21(30)5-8-26(9-6-21)16-11-15-13(10-14(16)22)19(25-24-15)23-7-4-17(27)28;/h10-11,30H,4-9,12H2,1-3H3,(H,27,28)(H2,23,24,25);1H4. The monoisotopic (exact) mass is 452 g/mol. The maximum atomic E-state index is 14.9. The van der Waals surface area contributed by atoms with E-state index in [4.69, 9.17) is 9.84 Å². The lowest BCUT2D eigenvalue weighted by Crippen LogP contribution is -2.46. The number of halogens is 1. The van der Waals surface area contributed by atoms with Crippen LogP contribution in [0, 0.1) is 5.82 Å². The average molecular weight is 453 g/mol. The highest BCUT2D eigenvalue weighted by Gasteiger charge is 2.36. The predicted molar refractivity (Wildman–Crippen MR) is 120 cm³/mol. The van der Waals surface area contributed by atoms with Crippen molar-refractivity contribution in [1.29, 1.82) is 0 Å². The highest BCUT2D eigenvalue weighted by atomic mass is 19.1. The number of nitrogens with one attached hydrogen (secondary N) is 2. The van der Waals surface area contributed by atoms with Crippen molar-refractivity contribution < 1.29 is 28.9 Å². The van der Waals surface area contributed by atoms with Gasteiger partial charge in [-0.1, -0.05) is 7.43 Å². The number of aromatic amines is 1. The quantitative estimate of drug-likeness (QED) is 0.471. The van der Waals surface area contributed by atoms with Crippen LogP contribution in [0.2, 0.25) is 0 Å². The Bertz CT molecular complexity index is 961. The van der Waals surface area contributed by atoms with Gasteiger partial charge in [0.2, 0.25) is 0 Å². The highest BCUT2D eigenvalue weighted by molar-refractivity contribution is 5.92. The number of carboxylic acids is 1. The molecule has 2 aromatic rings. The molecule has 0 radical (unpaired) electrons. The van der Waals surface area contributed by atoms with Crippen molar-refractivity contribution in [2.45, 2.75) is 65.1 Å². The van der Waals surface area contributed by atoms with Crippen molar-refractivity contribution in [3.05, 3.63) is 17.9 Å². The Balaban J connectivity index is 0.00000363. The van der Waals surface area contributed by atoms with Crippen LogP contribution in [0.25, 0.3) is 10.9 Å². The molecule has 9 nitrogen and oxygen atoms in total. The highest BCUT2D eigenvalue weighted by Crippen LogP contribution is 2.33. The van der Waals surface area contributed by atoms with E-state index in [0.29, 0.717) is 48.3 Å². The zero-order chi connectivity index (χ0) is 22.8. The molecule has 178 valence electrons. The third-order valence-corrected chi connectivity index (χ3v) is 5.19. The Morgan fingerprint density at radius 2 is 1.97 bits per heavy atom. The summed E-state index contributed by atoms with van der Waals surface area (Å²) in [6, 6.07) is 3.01. The molecule has 1 aliphatic rings. The van der Waals surface area contributed by atoms with E-state index >= 15 is 0 Å². The van der Waals surface area contributed by atoms with Crippen molar-refractivity contribution in [3.63, 3.8) is 0 Å². The first-order valence-corrected chi connectivity index (χ1v) is 10.3. The first-order valence-electron chi connectivity index (χ1n) is 10.3. The number of benzene rings is 1. The fourth-order valence-corrected chi connectivity index (χ4v) is 3.68. The minimum Gasteiger partial charge on any atom is -0.481 e. The van der Waals surface area contributed by atoms with Gasteiger partial charge in [0, 0.05) is 25.0 Å². The fraction of sp³-hybridized carbons (Fsp3) is 0.591. The van der Waals surface area contributed by atoms with Gasteiger partial charge in [0.05, 0.1) is 29.6 Å². The zero-order valence-corrected chi connectivity index (χ0v) is 18.0. The molecule has 0 aliphatic carbocycles. The number of carbonyl (C=O) groups is 2. The Morgan fingerprint density at radius 3 is 2.56 bits per heavy atom. The fourth-order valence-electron chi connectivity index (χ4n) is 3.68. The van der Waals surface area contributed by atoms with E-state index in [1.54, 1.807) is 26.8 Å². The van der Waals surface area contributed by atoms with Gasteiger partial charge in [0.1, 0.15) is 11.4 Å². The average Bonchev–Trinajstić information content (AvgIpc) is 3.01. The van der Waals surface area contributed by atoms with Crippen molar-refractivity contribution in [2.24, 2.45) is 0 Å². The number of hydrogen-bond donors (Lipinski definition) is 4. The van der Waals surface area contributed by atoms with Crippen LogP contribution in [-0.2, 0) is 14.3 Å². The van der Waals surface area contributed by atoms with Crippen LogP contribution in [0.4, 0.5) is 15.9 Å². The maximum absolute atomic E-state index is 14.9. The predicted octanol–water partition coefficient (Wildman–Crippen LogP) is 3.29. The molecular weight excluding hydrogens is 419 g/mol. The molecule has 0 spiro atoms. The Morgan fingerprint density at radius 1 is 1.31 bits per heavy atom. The van der Waals surface area contributed by atoms with Crippen LogP contribution in [-0.4, -0.2) is 63.2 Å². The molecule has 0 saturated carbocycles. The van der Waals surface area contributed by atoms with Crippen molar-refractivity contribution >= 4 is 34.3 Å². The molecule has 3 rings (SSSR count). The lowest BCUT2D eigenvalue weighted by Gasteiger charge is -2.39. The molecule has 2 heterocycles. The van der Waals surface area contributed by atoms with Crippen molar-refractivity contribution in [3.8, 4) is 0 Å². The molecule has 10 heteroatoms. The van der Waals surface area contributed by atoms with Crippen LogP contribution in [0.1, 0.15) is 53.9 Å². The second-order valence-electron chi connectivity index (χ2n) is 8.97. The smallest absolute Gasteiger partial charge is 0.309 e. The molecule has 32 heavy (non-hydrogen) atoms. The van der Waals surface area contributed by atoms with Gasteiger partial charge in [-0.15, -0.1) is 0 Å². The van der Waals surface area contributed by atoms with Gasteiger partial charge in [-0.2, -0.15) is 5.10 Å². The molecule has 0 unspecified atom stereocenters. The van der Waals surface area contributed by atoms with E-state index in [9.17, 15) is 19.1 Å². The van der Waals surface area contributed by atoms with Crippen LogP contribution in [0.5, 0.6) is 0 Å². The summed E-state index contributed by atoms with van der Waals surface area (Å²) in [5.74, 6) is -1.42. The number of rotatable bonds is 7. The summed E-state index contributed by atoms with van der Waals surface area (Å²) < 4.78 is 20.2. The maximum Gasteiger partial charge on any atom is 0.309 e. The Hall–Kier alpha value is -2.88. The van der Waals surface area contributed by atoms with Gasteiger partial charge in [0.15, 0.2) is 5.82 Å². The topological polar surface area (TPSA) is 128 Å². The third kappa shape index (κ3) is 6.32. The second kappa shape index (κ2) is 9.72. The van der Waals surface area contributed by atoms with E-state index in [0.717, 1.165) is 0 Å². The van der Waals surface area contributed by atoms with E-state index in [-0.39, 0.29) is 26.8 Å². The summed E-state index contributed by atoms with van der Waals surface area (Å²) in [7, 11) is 0. The van der Waals surface area contributed by atoms with Crippen molar-refractivity contribution in [2.75, 3.05) is 29.9 Å². The number of aliphatic hydroxyl groups is 1. The molecule has 4 N–H and O–H groups in total. The number of anilines is 2. The molecule has 1 aromatic heterocycles. The van der Waals surface area contributed by atoms with Gasteiger partial charge in [-0.3, -0.25) is 14.7 Å². The number of nitrogens with zero attached hydrogens (tertiary/aromatic N) is 2. The largest absolute Gasteiger partial charge is 0.481 e. The normalized spacial score (nSPS) is 15.8. The van der Waals surface area contributed by atoms with Gasteiger partial charge in [-0.25, -0.2) is 4.39 Å². The number of piperidine rings is 1. The Labute approximate surface area is 186 Å². The molecule has 1 aliphatic heterocycles. The van der Waals surface area contributed by atoms with E-state index in [2.05, 4.69) is 15.5 Å². The summed E-state index contributed by atoms with van der Waals surface area (Å²) in [5, 5.41) is 29.9. The number of hydrogen-bond acceptors (Lipinski definition) is 7. The number of fused-ring (bicyclic) bond motifs is 1. The number of esters is 1. The number of H-pyrrole nitrogens is 1. The summed E-state index contributed by atoms with van der Waals surface area (Å²) >= 11 is 0. The zero-order valence-electron chi connectivity index (χ0n) is 18.0. The van der Waals surface area contributed by atoms with E-state index in [1.165, 1.54) is 6.07 Å². The van der Waals surface area contributed by atoms with Crippen LogP contribution < -0.4 is 10.2 Å². The molecule has 1 saturated heterocycles. The van der Waals surface area contributed by atoms with Gasteiger partial charge in [-0.05, 0) is 45.7 Å². The Kier molecular flexibility index (Phi) is 7.71. The molecule has 0 bridgehead atoms. The van der Waals surface area contributed by atoms with Crippen LogP contribution in [0.3, 0.4) is 0 Å². The lowest BCUT2D eigenvalue weighted by atomic mass is 9.88. The van der Waals surface area contributed by atoms with Crippen LogP contribution >= 0.6 is 0 Å². The lowest BCUT2D eigenvalue weighted by molar-refractivity contribution is -0.161. The van der Waals surface area contributed by atoms with Gasteiger partial charge in [0.25, 0.3) is 0 Å². The van der Waals surface area contributed by atoms with Gasteiger partial charge >= 0.3 is 11.9 Å². The minimum absolute atomic E-state index is 0. The second-order valence-corrected chi connectivity index (χ2v) is 8.97. The summed E-state index contributed by atoms with van der Waals surface area (Å²) in [5.41, 5.74) is -0.788. The molecule has 1 aromatic carbocycles. The number of aromatic nitrogens is 2. The molecule has 0 amide bonds. The first kappa shape index (κ1) is 25.4. The first-order chi connectivity index (χ1) is 14.5. The number of ether oxygens (including phenoxy) is 1.